The zero-order valence-corrected chi connectivity index (χ0v) is 18.6. The Morgan fingerprint density at radius 2 is 1.93 bits per heavy atom. The van der Waals surface area contributed by atoms with Crippen molar-refractivity contribution in [1.29, 1.82) is 0 Å². The maximum Gasteiger partial charge on any atom is 0.161 e. The van der Waals surface area contributed by atoms with Gasteiger partial charge in [-0.2, -0.15) is 0 Å². The van der Waals surface area contributed by atoms with Crippen molar-refractivity contribution in [2.75, 3.05) is 20.8 Å². The third kappa shape index (κ3) is 3.69. The predicted molar refractivity (Wildman–Crippen MR) is 123 cm³/mol. The summed E-state index contributed by atoms with van der Waals surface area (Å²) in [7, 11) is 3.31. The molecular formula is C23H23N3O2S2. The van der Waals surface area contributed by atoms with E-state index in [1.807, 2.05) is 29.5 Å². The summed E-state index contributed by atoms with van der Waals surface area (Å²) in [5, 5.41) is 4.39. The SMILES string of the molecule is COc1ccc(-c2nc(CN3CCCC3c3nc4ccccc4s3)cs2)cc1OC. The van der Waals surface area contributed by atoms with Crippen molar-refractivity contribution in [2.45, 2.75) is 25.4 Å². The van der Waals surface area contributed by atoms with Crippen LogP contribution in [0.3, 0.4) is 0 Å². The molecule has 2 aromatic heterocycles. The molecule has 0 radical (unpaired) electrons. The van der Waals surface area contributed by atoms with Gasteiger partial charge < -0.3 is 9.47 Å². The number of hydrogen-bond donors (Lipinski definition) is 0. The summed E-state index contributed by atoms with van der Waals surface area (Å²) < 4.78 is 12.0. The van der Waals surface area contributed by atoms with Gasteiger partial charge in [0.2, 0.25) is 0 Å². The molecule has 0 aliphatic carbocycles. The Morgan fingerprint density at radius 3 is 2.77 bits per heavy atom. The zero-order valence-electron chi connectivity index (χ0n) is 17.0. The maximum atomic E-state index is 5.44. The maximum absolute atomic E-state index is 5.44. The van der Waals surface area contributed by atoms with Crippen molar-refractivity contribution >= 4 is 32.9 Å². The first-order chi connectivity index (χ1) is 14.7. The summed E-state index contributed by atoms with van der Waals surface area (Å²) >= 11 is 3.49. The second kappa shape index (κ2) is 8.34. The highest BCUT2D eigenvalue weighted by Crippen LogP contribution is 2.38. The van der Waals surface area contributed by atoms with Gasteiger partial charge >= 0.3 is 0 Å². The van der Waals surface area contributed by atoms with Gasteiger partial charge in [0.05, 0.1) is 36.2 Å². The van der Waals surface area contributed by atoms with Crippen LogP contribution in [0.1, 0.15) is 29.6 Å². The molecule has 0 N–H and O–H groups in total. The molecule has 3 heterocycles. The van der Waals surface area contributed by atoms with Crippen molar-refractivity contribution in [1.82, 2.24) is 14.9 Å². The molecule has 0 amide bonds. The Bertz CT molecular complexity index is 1140. The third-order valence-corrected chi connectivity index (χ3v) is 7.58. The highest BCUT2D eigenvalue weighted by atomic mass is 32.1. The van der Waals surface area contributed by atoms with Crippen LogP contribution in [-0.4, -0.2) is 35.6 Å². The van der Waals surface area contributed by atoms with E-state index in [9.17, 15) is 0 Å². The average molecular weight is 438 g/mol. The molecule has 2 aromatic carbocycles. The Labute approximate surface area is 183 Å². The lowest BCUT2D eigenvalue weighted by Crippen LogP contribution is -2.22. The van der Waals surface area contributed by atoms with Crippen LogP contribution in [-0.2, 0) is 6.54 Å². The van der Waals surface area contributed by atoms with Crippen LogP contribution in [0.5, 0.6) is 11.5 Å². The number of ether oxygens (including phenoxy) is 2. The first kappa shape index (κ1) is 19.5. The first-order valence-electron chi connectivity index (χ1n) is 10.0. The molecule has 4 aromatic rings. The molecule has 1 unspecified atom stereocenters. The summed E-state index contributed by atoms with van der Waals surface area (Å²) in [5.41, 5.74) is 3.26. The number of aromatic nitrogens is 2. The normalized spacial score (nSPS) is 16.9. The Kier molecular flexibility index (Phi) is 5.41. The summed E-state index contributed by atoms with van der Waals surface area (Å²) in [6.45, 7) is 1.94. The van der Waals surface area contributed by atoms with Crippen LogP contribution in [0.2, 0.25) is 0 Å². The summed E-state index contributed by atoms with van der Waals surface area (Å²) in [6.07, 6.45) is 2.36. The van der Waals surface area contributed by atoms with Crippen LogP contribution in [0.4, 0.5) is 0 Å². The number of thiazole rings is 2. The molecule has 1 fully saturated rings. The van der Waals surface area contributed by atoms with E-state index < -0.39 is 0 Å². The average Bonchev–Trinajstić information content (AvgIpc) is 3.52. The number of benzene rings is 2. The second-order valence-corrected chi connectivity index (χ2v) is 9.28. The lowest BCUT2D eigenvalue weighted by atomic mass is 10.2. The van der Waals surface area contributed by atoms with Gasteiger partial charge in [-0.05, 0) is 49.7 Å². The van der Waals surface area contributed by atoms with E-state index in [2.05, 4.69) is 34.5 Å². The quantitative estimate of drug-likeness (QED) is 0.383. The highest BCUT2D eigenvalue weighted by Gasteiger charge is 2.29. The number of fused-ring (bicyclic) bond motifs is 1. The van der Waals surface area contributed by atoms with E-state index in [1.165, 1.54) is 16.1 Å². The minimum atomic E-state index is 0.383. The molecule has 30 heavy (non-hydrogen) atoms. The molecule has 1 atom stereocenters. The van der Waals surface area contributed by atoms with Crippen molar-refractivity contribution < 1.29 is 9.47 Å². The van der Waals surface area contributed by atoms with Crippen LogP contribution >= 0.6 is 22.7 Å². The molecule has 0 saturated carbocycles. The fourth-order valence-corrected chi connectivity index (χ4v) is 5.96. The smallest absolute Gasteiger partial charge is 0.161 e. The number of para-hydroxylation sites is 1. The van der Waals surface area contributed by atoms with Gasteiger partial charge in [0.1, 0.15) is 10.0 Å². The fourth-order valence-electron chi connectivity index (χ4n) is 4.02. The van der Waals surface area contributed by atoms with Crippen molar-refractivity contribution in [3.63, 3.8) is 0 Å². The molecule has 1 saturated heterocycles. The van der Waals surface area contributed by atoms with E-state index in [4.69, 9.17) is 19.4 Å². The molecule has 5 nitrogen and oxygen atoms in total. The largest absolute Gasteiger partial charge is 0.493 e. The third-order valence-electron chi connectivity index (χ3n) is 5.51. The van der Waals surface area contributed by atoms with E-state index in [-0.39, 0.29) is 0 Å². The van der Waals surface area contributed by atoms with Crippen molar-refractivity contribution in [3.05, 3.63) is 58.5 Å². The Hall–Kier alpha value is -2.48. The van der Waals surface area contributed by atoms with Gasteiger partial charge in [-0.15, -0.1) is 22.7 Å². The van der Waals surface area contributed by atoms with Crippen LogP contribution in [0, 0.1) is 0 Å². The number of hydrogen-bond acceptors (Lipinski definition) is 7. The minimum Gasteiger partial charge on any atom is -0.493 e. The van der Waals surface area contributed by atoms with Crippen LogP contribution in [0.15, 0.2) is 47.8 Å². The Balaban J connectivity index is 1.35. The topological polar surface area (TPSA) is 47.5 Å². The molecule has 0 spiro atoms. The van der Waals surface area contributed by atoms with Crippen molar-refractivity contribution in [3.8, 4) is 22.1 Å². The monoisotopic (exact) mass is 437 g/mol. The van der Waals surface area contributed by atoms with Gasteiger partial charge in [-0.1, -0.05) is 12.1 Å². The summed E-state index contributed by atoms with van der Waals surface area (Å²) in [4.78, 5) is 12.3. The van der Waals surface area contributed by atoms with E-state index in [0.717, 1.165) is 52.8 Å². The zero-order chi connectivity index (χ0) is 20.5. The van der Waals surface area contributed by atoms with Gasteiger partial charge in [0, 0.05) is 17.5 Å². The molecule has 7 heteroatoms. The number of likely N-dealkylation sites (tertiary alicyclic amines) is 1. The number of rotatable bonds is 6. The highest BCUT2D eigenvalue weighted by molar-refractivity contribution is 7.18. The van der Waals surface area contributed by atoms with E-state index >= 15 is 0 Å². The van der Waals surface area contributed by atoms with Crippen LogP contribution < -0.4 is 9.47 Å². The predicted octanol–water partition coefficient (Wildman–Crippen LogP) is 5.77. The minimum absolute atomic E-state index is 0.383. The molecule has 154 valence electrons. The number of methoxy groups -OCH3 is 2. The summed E-state index contributed by atoms with van der Waals surface area (Å²) in [6, 6.07) is 14.7. The lowest BCUT2D eigenvalue weighted by Gasteiger charge is -2.21. The van der Waals surface area contributed by atoms with Crippen LogP contribution in [0.25, 0.3) is 20.8 Å². The van der Waals surface area contributed by atoms with Crippen molar-refractivity contribution in [2.24, 2.45) is 0 Å². The molecule has 0 bridgehead atoms. The summed E-state index contributed by atoms with van der Waals surface area (Å²) in [5.74, 6) is 1.45. The molecule has 5 rings (SSSR count). The first-order valence-corrected chi connectivity index (χ1v) is 11.7. The van der Waals surface area contributed by atoms with Gasteiger partial charge in [-0.3, -0.25) is 4.90 Å². The van der Waals surface area contributed by atoms with Gasteiger partial charge in [-0.25, -0.2) is 9.97 Å². The molecule has 1 aliphatic heterocycles. The van der Waals surface area contributed by atoms with Gasteiger partial charge in [0.25, 0.3) is 0 Å². The fraction of sp³-hybridized carbons (Fsp3) is 0.304. The van der Waals surface area contributed by atoms with E-state index in [1.54, 1.807) is 25.6 Å². The molecule has 1 aliphatic rings. The second-order valence-electron chi connectivity index (χ2n) is 7.36. The number of nitrogens with zero attached hydrogens (tertiary/aromatic N) is 3. The standard InChI is InChI=1S/C23H23N3O2S2/c1-27-19-10-9-15(12-20(19)28-2)22-24-16(14-29-22)13-26-11-5-7-18(26)23-25-17-6-3-4-8-21(17)30-23/h3-4,6,8-10,12,14,18H,5,7,11,13H2,1-2H3. The Morgan fingerprint density at radius 1 is 1.07 bits per heavy atom. The molecular weight excluding hydrogens is 414 g/mol. The van der Waals surface area contributed by atoms with E-state index in [0.29, 0.717) is 6.04 Å². The van der Waals surface area contributed by atoms with Gasteiger partial charge in [0.15, 0.2) is 11.5 Å². The lowest BCUT2D eigenvalue weighted by molar-refractivity contribution is 0.246.